The lowest BCUT2D eigenvalue weighted by molar-refractivity contribution is -0.129. The third-order valence-corrected chi connectivity index (χ3v) is 6.42. The Hall–Kier alpha value is -3.59. The first-order valence-corrected chi connectivity index (χ1v) is 12.3. The van der Waals surface area contributed by atoms with Crippen molar-refractivity contribution in [1.82, 2.24) is 24.9 Å². The molecule has 1 aliphatic heterocycles. The molecule has 2 aromatic carbocycles. The Balaban J connectivity index is 1.18. The molecule has 0 atom stereocenters. The van der Waals surface area contributed by atoms with Gasteiger partial charge in [-0.1, -0.05) is 37.3 Å². The van der Waals surface area contributed by atoms with Gasteiger partial charge in [0.25, 0.3) is 0 Å². The summed E-state index contributed by atoms with van der Waals surface area (Å²) in [6.45, 7) is 7.21. The van der Waals surface area contributed by atoms with E-state index in [-0.39, 0.29) is 30.5 Å². The number of amides is 2. The number of hydrogen-bond acceptors (Lipinski definition) is 5. The number of carbonyl (C=O) groups excluding carboxylic acids is 2. The number of hydrazine groups is 1. The molecule has 1 fully saturated rings. The van der Waals surface area contributed by atoms with E-state index in [2.05, 4.69) is 32.8 Å². The largest absolute Gasteiger partial charge is 0.369 e. The molecule has 35 heavy (non-hydrogen) atoms. The number of piperazine rings is 1. The van der Waals surface area contributed by atoms with Gasteiger partial charge in [-0.3, -0.25) is 34.5 Å². The van der Waals surface area contributed by atoms with Crippen LogP contribution in [0, 0.1) is 0 Å². The van der Waals surface area contributed by atoms with Gasteiger partial charge in [-0.25, -0.2) is 4.79 Å². The minimum atomic E-state index is -0.325. The molecule has 186 valence electrons. The van der Waals surface area contributed by atoms with Crippen LogP contribution >= 0.6 is 0 Å². The van der Waals surface area contributed by atoms with Crippen LogP contribution in [0.4, 0.5) is 5.69 Å². The molecule has 0 saturated carbocycles. The van der Waals surface area contributed by atoms with Crippen molar-refractivity contribution in [3.63, 3.8) is 0 Å². The minimum Gasteiger partial charge on any atom is -0.369 e. The third-order valence-electron chi connectivity index (χ3n) is 6.42. The van der Waals surface area contributed by atoms with E-state index in [0.29, 0.717) is 19.5 Å². The maximum atomic E-state index is 12.8. The molecule has 0 aliphatic carbocycles. The van der Waals surface area contributed by atoms with E-state index in [4.69, 9.17) is 0 Å². The summed E-state index contributed by atoms with van der Waals surface area (Å²) in [7, 11) is 0. The summed E-state index contributed by atoms with van der Waals surface area (Å²) < 4.78 is 3.37. The Bertz CT molecular complexity index is 1190. The second-order valence-corrected chi connectivity index (χ2v) is 8.84. The zero-order valence-electron chi connectivity index (χ0n) is 20.3. The fraction of sp³-hybridized carbons (Fsp3) is 0.423. The fourth-order valence-electron chi connectivity index (χ4n) is 4.53. The Morgan fingerprint density at radius 1 is 0.743 bits per heavy atom. The van der Waals surface area contributed by atoms with Crippen molar-refractivity contribution in [2.75, 3.05) is 37.6 Å². The van der Waals surface area contributed by atoms with Crippen molar-refractivity contribution < 1.29 is 9.59 Å². The molecule has 3 aromatic rings. The van der Waals surface area contributed by atoms with Gasteiger partial charge in [0.15, 0.2) is 0 Å². The first kappa shape index (κ1) is 24.5. The van der Waals surface area contributed by atoms with Crippen molar-refractivity contribution >= 4 is 28.5 Å². The highest BCUT2D eigenvalue weighted by molar-refractivity contribution is 5.82. The molecule has 2 N–H and O–H groups in total. The molecule has 0 radical (unpaired) electrons. The predicted octanol–water partition coefficient (Wildman–Crippen LogP) is 1.96. The number of nitrogens with one attached hydrogen (secondary N) is 2. The van der Waals surface area contributed by atoms with Gasteiger partial charge in [0.1, 0.15) is 0 Å². The average Bonchev–Trinajstić information content (AvgIpc) is 3.16. The van der Waals surface area contributed by atoms with Crippen molar-refractivity contribution in [2.45, 2.75) is 39.3 Å². The summed E-state index contributed by atoms with van der Waals surface area (Å²) in [5, 5.41) is 0. The highest BCUT2D eigenvalue weighted by Gasteiger charge is 2.18. The molecule has 1 aliphatic rings. The van der Waals surface area contributed by atoms with Crippen LogP contribution in [0.25, 0.3) is 11.0 Å². The van der Waals surface area contributed by atoms with Crippen LogP contribution in [0.15, 0.2) is 59.4 Å². The van der Waals surface area contributed by atoms with Gasteiger partial charge in [-0.2, -0.15) is 0 Å². The van der Waals surface area contributed by atoms with Crippen LogP contribution in [0.2, 0.25) is 0 Å². The van der Waals surface area contributed by atoms with Crippen LogP contribution in [0.1, 0.15) is 26.2 Å². The van der Waals surface area contributed by atoms with Crippen LogP contribution in [-0.2, 0) is 22.7 Å². The lowest BCUT2D eigenvalue weighted by Gasteiger charge is -2.36. The Kier molecular flexibility index (Phi) is 8.20. The molecule has 1 saturated heterocycles. The first-order valence-electron chi connectivity index (χ1n) is 12.3. The molecule has 1 aromatic heterocycles. The third kappa shape index (κ3) is 6.10. The van der Waals surface area contributed by atoms with E-state index in [1.165, 1.54) is 5.69 Å². The number of aromatic nitrogens is 2. The molecule has 0 unspecified atom stereocenters. The monoisotopic (exact) mass is 478 g/mol. The fourth-order valence-corrected chi connectivity index (χ4v) is 4.53. The number of benzene rings is 2. The number of nitrogens with zero attached hydrogens (tertiary/aromatic N) is 4. The van der Waals surface area contributed by atoms with Gasteiger partial charge in [0, 0.05) is 64.3 Å². The lowest BCUT2D eigenvalue weighted by Crippen LogP contribution is -2.48. The zero-order valence-corrected chi connectivity index (χ0v) is 20.3. The Morgan fingerprint density at radius 3 is 1.89 bits per heavy atom. The van der Waals surface area contributed by atoms with E-state index in [1.807, 2.05) is 49.4 Å². The van der Waals surface area contributed by atoms with E-state index >= 15 is 0 Å². The molecule has 0 spiro atoms. The van der Waals surface area contributed by atoms with Crippen LogP contribution in [-0.4, -0.2) is 58.6 Å². The standard InChI is InChI=1S/C26H34N6O3/c1-2-14-31-22-10-6-7-11-23(22)32(26(31)35)16-13-25(34)28-27-24(33)12-15-29-17-19-30(20-18-29)21-8-4-3-5-9-21/h3-11H,2,12-20H2,1H3,(H,27,33)(H,28,34). The molecule has 4 rings (SSSR count). The minimum absolute atomic E-state index is 0.0990. The predicted molar refractivity (Wildman–Crippen MR) is 137 cm³/mol. The Morgan fingerprint density at radius 2 is 1.29 bits per heavy atom. The van der Waals surface area contributed by atoms with Gasteiger partial charge >= 0.3 is 5.69 Å². The van der Waals surface area contributed by atoms with E-state index in [9.17, 15) is 14.4 Å². The van der Waals surface area contributed by atoms with E-state index in [0.717, 1.165) is 43.6 Å². The number of carbonyl (C=O) groups is 2. The van der Waals surface area contributed by atoms with Crippen molar-refractivity contribution in [3.05, 3.63) is 65.1 Å². The molecule has 0 bridgehead atoms. The second kappa shape index (κ2) is 11.7. The zero-order chi connectivity index (χ0) is 24.6. The summed E-state index contributed by atoms with van der Waals surface area (Å²) >= 11 is 0. The second-order valence-electron chi connectivity index (χ2n) is 8.84. The Labute approximate surface area is 205 Å². The van der Waals surface area contributed by atoms with Gasteiger partial charge < -0.3 is 4.90 Å². The van der Waals surface area contributed by atoms with Gasteiger partial charge in [0.2, 0.25) is 11.8 Å². The highest BCUT2D eigenvalue weighted by atomic mass is 16.2. The smallest absolute Gasteiger partial charge is 0.329 e. The van der Waals surface area contributed by atoms with Gasteiger partial charge in [-0.15, -0.1) is 0 Å². The van der Waals surface area contributed by atoms with E-state index in [1.54, 1.807) is 9.13 Å². The highest BCUT2D eigenvalue weighted by Crippen LogP contribution is 2.16. The first-order chi connectivity index (χ1) is 17.1. The molecule has 2 amide bonds. The SMILES string of the molecule is CCCn1c(=O)n(CCC(=O)NNC(=O)CCN2CCN(c3ccccc3)CC2)c2ccccc21. The molecule has 9 nitrogen and oxygen atoms in total. The van der Waals surface area contributed by atoms with Crippen LogP contribution in [0.5, 0.6) is 0 Å². The lowest BCUT2D eigenvalue weighted by atomic mass is 10.2. The molecular formula is C26H34N6O3. The summed E-state index contributed by atoms with van der Waals surface area (Å²) in [5.41, 5.74) is 7.78. The summed E-state index contributed by atoms with van der Waals surface area (Å²) in [6, 6.07) is 17.9. The quantitative estimate of drug-likeness (QED) is 0.459. The maximum absolute atomic E-state index is 12.8. The number of rotatable bonds is 9. The summed E-state index contributed by atoms with van der Waals surface area (Å²) in [5.74, 6) is -0.547. The average molecular weight is 479 g/mol. The molecule has 2 heterocycles. The number of aryl methyl sites for hydroxylation is 2. The summed E-state index contributed by atoms with van der Waals surface area (Å²) in [4.78, 5) is 42.0. The molecule has 9 heteroatoms. The van der Waals surface area contributed by atoms with Crippen molar-refractivity contribution in [2.24, 2.45) is 0 Å². The van der Waals surface area contributed by atoms with E-state index < -0.39 is 0 Å². The maximum Gasteiger partial charge on any atom is 0.329 e. The number of para-hydroxylation sites is 3. The summed E-state index contributed by atoms with van der Waals surface area (Å²) in [6.07, 6.45) is 1.26. The number of anilines is 1. The van der Waals surface area contributed by atoms with Gasteiger partial charge in [-0.05, 0) is 30.7 Å². The van der Waals surface area contributed by atoms with Crippen LogP contribution < -0.4 is 21.4 Å². The number of hydrogen-bond donors (Lipinski definition) is 2. The molecular weight excluding hydrogens is 444 g/mol. The van der Waals surface area contributed by atoms with Crippen molar-refractivity contribution in [3.8, 4) is 0 Å². The normalized spacial score (nSPS) is 14.3. The number of fused-ring (bicyclic) bond motifs is 1. The topological polar surface area (TPSA) is 91.6 Å². The van der Waals surface area contributed by atoms with Crippen LogP contribution in [0.3, 0.4) is 0 Å². The number of imidazole rings is 1. The van der Waals surface area contributed by atoms with Gasteiger partial charge in [0.05, 0.1) is 11.0 Å². The van der Waals surface area contributed by atoms with Crippen molar-refractivity contribution in [1.29, 1.82) is 0 Å².